The Kier molecular flexibility index (Phi) is 3.53. The maximum Gasteiger partial charge on any atom is 0.0669 e. The van der Waals surface area contributed by atoms with Gasteiger partial charge < -0.3 is 0 Å². The van der Waals surface area contributed by atoms with Crippen molar-refractivity contribution in [3.63, 3.8) is 0 Å². The standard InChI is InChI=1S/C9H7BrIN/c1-6-4-8(10)9(11)5-7(6)2-3-12/h4-5H,2H2,1H3. The Balaban J connectivity index is 3.16. The van der Waals surface area contributed by atoms with Gasteiger partial charge in [0.15, 0.2) is 0 Å². The smallest absolute Gasteiger partial charge is 0.0669 e. The number of rotatable bonds is 1. The molecule has 0 atom stereocenters. The van der Waals surface area contributed by atoms with E-state index in [-0.39, 0.29) is 0 Å². The summed E-state index contributed by atoms with van der Waals surface area (Å²) in [4.78, 5) is 0. The number of nitriles is 1. The van der Waals surface area contributed by atoms with Crippen molar-refractivity contribution in [2.45, 2.75) is 13.3 Å². The summed E-state index contributed by atoms with van der Waals surface area (Å²) in [6.07, 6.45) is 0.495. The van der Waals surface area contributed by atoms with E-state index >= 15 is 0 Å². The normalized spacial score (nSPS) is 9.50. The Labute approximate surface area is 94.0 Å². The van der Waals surface area contributed by atoms with Gasteiger partial charge in [0.05, 0.1) is 12.5 Å². The summed E-state index contributed by atoms with van der Waals surface area (Å²) in [7, 11) is 0. The van der Waals surface area contributed by atoms with Gasteiger partial charge in [-0.05, 0) is 68.7 Å². The highest BCUT2D eigenvalue weighted by molar-refractivity contribution is 14.1. The molecule has 0 amide bonds. The Morgan fingerprint density at radius 3 is 2.83 bits per heavy atom. The molecule has 0 saturated carbocycles. The fourth-order valence-electron chi connectivity index (χ4n) is 0.963. The number of hydrogen-bond donors (Lipinski definition) is 0. The monoisotopic (exact) mass is 335 g/mol. The molecule has 0 spiro atoms. The van der Waals surface area contributed by atoms with Crippen LogP contribution in [0.4, 0.5) is 0 Å². The average molecular weight is 336 g/mol. The van der Waals surface area contributed by atoms with Gasteiger partial charge >= 0.3 is 0 Å². The van der Waals surface area contributed by atoms with Crippen molar-refractivity contribution in [3.05, 3.63) is 31.3 Å². The Morgan fingerprint density at radius 1 is 1.58 bits per heavy atom. The number of hydrogen-bond acceptors (Lipinski definition) is 1. The summed E-state index contributed by atoms with van der Waals surface area (Å²) in [6, 6.07) is 6.25. The zero-order valence-corrected chi connectivity index (χ0v) is 10.3. The third-order valence-corrected chi connectivity index (χ3v) is 3.94. The molecule has 0 heterocycles. The summed E-state index contributed by atoms with van der Waals surface area (Å²) in [5.74, 6) is 0. The predicted octanol–water partition coefficient (Wildman–Crippen LogP) is 3.43. The average Bonchev–Trinajstić information content (AvgIpc) is 2.01. The van der Waals surface area contributed by atoms with Gasteiger partial charge in [-0.3, -0.25) is 0 Å². The van der Waals surface area contributed by atoms with Crippen molar-refractivity contribution < 1.29 is 0 Å². The lowest BCUT2D eigenvalue weighted by Crippen LogP contribution is -1.89. The van der Waals surface area contributed by atoms with Gasteiger partial charge in [-0.15, -0.1) is 0 Å². The molecule has 0 aliphatic heterocycles. The number of benzene rings is 1. The van der Waals surface area contributed by atoms with Crippen molar-refractivity contribution in [2.24, 2.45) is 0 Å². The Bertz CT molecular complexity index is 341. The van der Waals surface area contributed by atoms with Crippen molar-refractivity contribution in [1.29, 1.82) is 5.26 Å². The highest BCUT2D eigenvalue weighted by Gasteiger charge is 2.02. The van der Waals surface area contributed by atoms with E-state index in [1.807, 2.05) is 13.0 Å². The van der Waals surface area contributed by atoms with Crippen molar-refractivity contribution in [3.8, 4) is 6.07 Å². The first-order valence-electron chi connectivity index (χ1n) is 3.46. The maximum atomic E-state index is 8.54. The molecule has 0 aliphatic carbocycles. The second-order valence-corrected chi connectivity index (χ2v) is 4.54. The quantitative estimate of drug-likeness (QED) is 0.721. The number of nitrogens with zero attached hydrogens (tertiary/aromatic N) is 1. The first kappa shape index (κ1) is 10.0. The molecule has 1 rings (SSSR count). The van der Waals surface area contributed by atoms with Gasteiger partial charge in [0.2, 0.25) is 0 Å². The van der Waals surface area contributed by atoms with Crippen LogP contribution in [0.5, 0.6) is 0 Å². The first-order valence-corrected chi connectivity index (χ1v) is 5.34. The van der Waals surface area contributed by atoms with E-state index in [0.717, 1.165) is 13.6 Å². The highest BCUT2D eigenvalue weighted by atomic mass is 127. The molecule has 0 bridgehead atoms. The van der Waals surface area contributed by atoms with Crippen LogP contribution in [0.3, 0.4) is 0 Å². The molecule has 62 valence electrons. The third-order valence-electron chi connectivity index (χ3n) is 1.65. The molecule has 1 nitrogen and oxygen atoms in total. The summed E-state index contributed by atoms with van der Waals surface area (Å²) < 4.78 is 2.26. The second kappa shape index (κ2) is 4.24. The van der Waals surface area contributed by atoms with Crippen LogP contribution in [-0.4, -0.2) is 0 Å². The van der Waals surface area contributed by atoms with Gasteiger partial charge in [-0.25, -0.2) is 0 Å². The van der Waals surface area contributed by atoms with Crippen molar-refractivity contribution in [1.82, 2.24) is 0 Å². The van der Waals surface area contributed by atoms with Gasteiger partial charge in [-0.2, -0.15) is 5.26 Å². The fourth-order valence-corrected chi connectivity index (χ4v) is 1.95. The maximum absolute atomic E-state index is 8.54. The molecule has 1 aromatic rings. The van der Waals surface area contributed by atoms with E-state index in [4.69, 9.17) is 5.26 Å². The lowest BCUT2D eigenvalue weighted by Gasteiger charge is -2.03. The molecule has 0 saturated heterocycles. The zero-order chi connectivity index (χ0) is 9.14. The first-order chi connectivity index (χ1) is 5.65. The molecule has 12 heavy (non-hydrogen) atoms. The minimum absolute atomic E-state index is 0.495. The molecule has 1 aromatic carbocycles. The van der Waals surface area contributed by atoms with Crippen LogP contribution in [0.25, 0.3) is 0 Å². The van der Waals surface area contributed by atoms with E-state index in [2.05, 4.69) is 50.7 Å². The van der Waals surface area contributed by atoms with Crippen LogP contribution < -0.4 is 0 Å². The molecule has 0 aromatic heterocycles. The highest BCUT2D eigenvalue weighted by Crippen LogP contribution is 2.23. The van der Waals surface area contributed by atoms with Crippen molar-refractivity contribution >= 4 is 38.5 Å². The van der Waals surface area contributed by atoms with Crippen molar-refractivity contribution in [2.75, 3.05) is 0 Å². The van der Waals surface area contributed by atoms with E-state index < -0.39 is 0 Å². The van der Waals surface area contributed by atoms with Gasteiger partial charge in [0, 0.05) is 8.04 Å². The third kappa shape index (κ3) is 2.20. The topological polar surface area (TPSA) is 23.8 Å². The van der Waals surface area contributed by atoms with E-state index in [1.165, 1.54) is 5.56 Å². The lowest BCUT2D eigenvalue weighted by atomic mass is 10.1. The van der Waals surface area contributed by atoms with Gasteiger partial charge in [-0.1, -0.05) is 0 Å². The fraction of sp³-hybridized carbons (Fsp3) is 0.222. The van der Waals surface area contributed by atoms with Crippen LogP contribution in [0, 0.1) is 21.8 Å². The van der Waals surface area contributed by atoms with Gasteiger partial charge in [0.1, 0.15) is 0 Å². The van der Waals surface area contributed by atoms with Crippen LogP contribution in [-0.2, 0) is 6.42 Å². The molecule has 0 fully saturated rings. The van der Waals surface area contributed by atoms with E-state index in [0.29, 0.717) is 6.42 Å². The van der Waals surface area contributed by atoms with E-state index in [9.17, 15) is 0 Å². The Hall–Kier alpha value is -0.0800. The molecular weight excluding hydrogens is 329 g/mol. The SMILES string of the molecule is Cc1cc(Br)c(I)cc1CC#N. The molecular formula is C9H7BrIN. The Morgan fingerprint density at radius 2 is 2.25 bits per heavy atom. The molecule has 0 radical (unpaired) electrons. The molecule has 3 heteroatoms. The summed E-state index contributed by atoms with van der Waals surface area (Å²) >= 11 is 5.69. The molecule has 0 aliphatic rings. The molecule has 0 N–H and O–H groups in total. The minimum atomic E-state index is 0.495. The largest absolute Gasteiger partial charge is 0.198 e. The second-order valence-electron chi connectivity index (χ2n) is 2.53. The molecule has 0 unspecified atom stereocenters. The number of halogens is 2. The van der Waals surface area contributed by atoms with Crippen LogP contribution in [0.2, 0.25) is 0 Å². The van der Waals surface area contributed by atoms with Crippen LogP contribution in [0.1, 0.15) is 11.1 Å². The summed E-state index contributed by atoms with van der Waals surface area (Å²) in [5.41, 5.74) is 2.29. The van der Waals surface area contributed by atoms with Gasteiger partial charge in [0.25, 0.3) is 0 Å². The van der Waals surface area contributed by atoms with E-state index in [1.54, 1.807) is 0 Å². The summed E-state index contributed by atoms with van der Waals surface area (Å²) in [6.45, 7) is 2.02. The zero-order valence-electron chi connectivity index (χ0n) is 6.56. The van der Waals surface area contributed by atoms with Crippen LogP contribution >= 0.6 is 38.5 Å². The minimum Gasteiger partial charge on any atom is -0.198 e. The van der Waals surface area contributed by atoms with Crippen LogP contribution in [0.15, 0.2) is 16.6 Å². The number of aryl methyl sites for hydroxylation is 1. The predicted molar refractivity (Wildman–Crippen MR) is 60.9 cm³/mol. The summed E-state index contributed by atoms with van der Waals surface area (Å²) in [5, 5.41) is 8.54. The lowest BCUT2D eigenvalue weighted by molar-refractivity contribution is 1.20.